The van der Waals surface area contributed by atoms with Crippen LogP contribution in [0.4, 0.5) is 15.8 Å². The van der Waals surface area contributed by atoms with Crippen molar-refractivity contribution in [1.29, 1.82) is 0 Å². The molecule has 1 aromatic heterocycles. The third-order valence-corrected chi connectivity index (χ3v) is 6.15. The van der Waals surface area contributed by atoms with E-state index in [0.717, 1.165) is 37.2 Å². The highest BCUT2D eigenvalue weighted by molar-refractivity contribution is 6.04. The number of halogens is 1. The van der Waals surface area contributed by atoms with Crippen molar-refractivity contribution in [2.45, 2.75) is 25.4 Å². The highest BCUT2D eigenvalue weighted by Crippen LogP contribution is 2.23. The largest absolute Gasteiger partial charge is 0.371 e. The zero-order valence-electron chi connectivity index (χ0n) is 19.2. The Bertz CT molecular complexity index is 1270. The van der Waals surface area contributed by atoms with Crippen LogP contribution in [0.3, 0.4) is 0 Å². The smallest absolute Gasteiger partial charge is 0.258 e. The van der Waals surface area contributed by atoms with Crippen LogP contribution in [0.5, 0.6) is 0 Å². The lowest BCUT2D eigenvalue weighted by Gasteiger charge is -2.34. The minimum absolute atomic E-state index is 0.0305. The fraction of sp³-hybridized carbons (Fsp3) is 0.222. The van der Waals surface area contributed by atoms with Gasteiger partial charge >= 0.3 is 0 Å². The molecule has 0 unspecified atom stereocenters. The van der Waals surface area contributed by atoms with Gasteiger partial charge in [0.15, 0.2) is 0 Å². The average molecular weight is 472 g/mol. The number of hydrogen-bond donors (Lipinski definition) is 2. The molecule has 1 amide bonds. The number of aromatic nitrogens is 2. The van der Waals surface area contributed by atoms with Crippen LogP contribution in [0, 0.1) is 5.82 Å². The minimum atomic E-state index is -0.533. The number of benzene rings is 3. The summed E-state index contributed by atoms with van der Waals surface area (Å²) in [7, 11) is 0. The van der Waals surface area contributed by atoms with Gasteiger partial charge in [-0.05, 0) is 49.2 Å². The zero-order chi connectivity index (χ0) is 24.0. The van der Waals surface area contributed by atoms with Gasteiger partial charge < -0.3 is 20.1 Å². The van der Waals surface area contributed by atoms with E-state index in [4.69, 9.17) is 4.52 Å². The minimum Gasteiger partial charge on any atom is -0.371 e. The standard InChI is InChI=1S/C27H26FN5O2/c28-24-9-5-4-8-23(24)27(34)30-21-10-12-22(13-11-21)33-16-14-20(15-17-33)29-18-25-31-26(32-35-25)19-6-2-1-3-7-19/h1-13,20,29H,14-18H2,(H,30,34). The zero-order valence-corrected chi connectivity index (χ0v) is 19.2. The number of carbonyl (C=O) groups excluding carboxylic acids is 1. The molecule has 0 atom stereocenters. The number of hydrogen-bond acceptors (Lipinski definition) is 6. The first-order chi connectivity index (χ1) is 17.2. The molecule has 1 saturated heterocycles. The number of rotatable bonds is 7. The van der Waals surface area contributed by atoms with Gasteiger partial charge in [-0.15, -0.1) is 0 Å². The second-order valence-electron chi connectivity index (χ2n) is 8.50. The number of anilines is 2. The molecule has 0 saturated carbocycles. The van der Waals surface area contributed by atoms with Crippen LogP contribution >= 0.6 is 0 Å². The van der Waals surface area contributed by atoms with Crippen molar-refractivity contribution in [1.82, 2.24) is 15.5 Å². The van der Waals surface area contributed by atoms with E-state index in [1.165, 1.54) is 12.1 Å². The molecule has 2 heterocycles. The molecule has 1 aliphatic heterocycles. The highest BCUT2D eigenvalue weighted by atomic mass is 19.1. The molecule has 4 aromatic rings. The maximum absolute atomic E-state index is 13.8. The van der Waals surface area contributed by atoms with Crippen LogP contribution in [0.1, 0.15) is 29.1 Å². The summed E-state index contributed by atoms with van der Waals surface area (Å²) in [5, 5.41) is 10.3. The lowest BCUT2D eigenvalue weighted by Crippen LogP contribution is -2.42. The quantitative estimate of drug-likeness (QED) is 0.400. The third kappa shape index (κ3) is 5.55. The molecule has 1 aliphatic rings. The second kappa shape index (κ2) is 10.5. The van der Waals surface area contributed by atoms with E-state index in [2.05, 4.69) is 25.7 Å². The van der Waals surface area contributed by atoms with Gasteiger partial charge in [0.2, 0.25) is 11.7 Å². The van der Waals surface area contributed by atoms with Gasteiger partial charge in [0.05, 0.1) is 12.1 Å². The van der Waals surface area contributed by atoms with E-state index in [9.17, 15) is 9.18 Å². The third-order valence-electron chi connectivity index (χ3n) is 6.15. The number of nitrogens with zero attached hydrogens (tertiary/aromatic N) is 3. The van der Waals surface area contributed by atoms with Gasteiger partial charge in [0.1, 0.15) is 5.82 Å². The number of carbonyl (C=O) groups is 1. The Balaban J connectivity index is 1.09. The summed E-state index contributed by atoms with van der Waals surface area (Å²) < 4.78 is 19.2. The first kappa shape index (κ1) is 22.7. The van der Waals surface area contributed by atoms with Gasteiger partial charge in [-0.3, -0.25) is 4.79 Å². The SMILES string of the molecule is O=C(Nc1ccc(N2CCC(NCc3nc(-c4ccccc4)no3)CC2)cc1)c1ccccc1F. The summed E-state index contributed by atoms with van der Waals surface area (Å²) in [6.07, 6.45) is 1.98. The molecule has 0 radical (unpaired) electrons. The van der Waals surface area contributed by atoms with Gasteiger partial charge in [0, 0.05) is 36.1 Å². The van der Waals surface area contributed by atoms with Crippen molar-refractivity contribution in [3.05, 3.63) is 96.1 Å². The van der Waals surface area contributed by atoms with Crippen LogP contribution in [-0.4, -0.2) is 35.2 Å². The molecule has 5 rings (SSSR count). The Hall–Kier alpha value is -4.04. The number of amides is 1. The van der Waals surface area contributed by atoms with Gasteiger partial charge in [-0.2, -0.15) is 4.98 Å². The van der Waals surface area contributed by atoms with Crippen LogP contribution in [0.25, 0.3) is 11.4 Å². The van der Waals surface area contributed by atoms with E-state index in [-0.39, 0.29) is 5.56 Å². The van der Waals surface area contributed by atoms with Crippen molar-refractivity contribution in [2.24, 2.45) is 0 Å². The maximum Gasteiger partial charge on any atom is 0.258 e. The van der Waals surface area contributed by atoms with E-state index >= 15 is 0 Å². The monoisotopic (exact) mass is 471 g/mol. The first-order valence-corrected chi connectivity index (χ1v) is 11.7. The molecule has 1 fully saturated rings. The lowest BCUT2D eigenvalue weighted by molar-refractivity contribution is 0.102. The van der Waals surface area contributed by atoms with Crippen molar-refractivity contribution >= 4 is 17.3 Å². The Morgan fingerprint density at radius 3 is 2.43 bits per heavy atom. The van der Waals surface area contributed by atoms with Crippen molar-refractivity contribution < 1.29 is 13.7 Å². The molecule has 178 valence electrons. The predicted molar refractivity (Wildman–Crippen MR) is 133 cm³/mol. The van der Waals surface area contributed by atoms with Gasteiger partial charge in [0.25, 0.3) is 5.91 Å². The summed E-state index contributed by atoms with van der Waals surface area (Å²) in [6.45, 7) is 2.37. The fourth-order valence-corrected chi connectivity index (χ4v) is 4.20. The summed E-state index contributed by atoms with van der Waals surface area (Å²) in [5.41, 5.74) is 2.70. The van der Waals surface area contributed by atoms with Crippen molar-refractivity contribution in [2.75, 3.05) is 23.3 Å². The predicted octanol–water partition coefficient (Wildman–Crippen LogP) is 4.89. The molecule has 8 heteroatoms. The Kier molecular flexibility index (Phi) is 6.81. The Morgan fingerprint density at radius 1 is 0.971 bits per heavy atom. The number of nitrogens with one attached hydrogen (secondary N) is 2. The van der Waals surface area contributed by atoms with Crippen molar-refractivity contribution in [3.63, 3.8) is 0 Å². The number of piperidine rings is 1. The normalized spacial score (nSPS) is 14.1. The molecule has 2 N–H and O–H groups in total. The summed E-state index contributed by atoms with van der Waals surface area (Å²) in [6, 6.07) is 23.8. The average Bonchev–Trinajstić information content (AvgIpc) is 3.38. The fourth-order valence-electron chi connectivity index (χ4n) is 4.20. The lowest BCUT2D eigenvalue weighted by atomic mass is 10.0. The molecule has 0 aliphatic carbocycles. The molecule has 3 aromatic carbocycles. The van der Waals surface area contributed by atoms with Gasteiger partial charge in [-0.1, -0.05) is 47.6 Å². The topological polar surface area (TPSA) is 83.3 Å². The van der Waals surface area contributed by atoms with E-state index < -0.39 is 11.7 Å². The summed E-state index contributed by atoms with van der Waals surface area (Å²) >= 11 is 0. The first-order valence-electron chi connectivity index (χ1n) is 11.7. The highest BCUT2D eigenvalue weighted by Gasteiger charge is 2.20. The molecule has 35 heavy (non-hydrogen) atoms. The molecular formula is C27H26FN5O2. The molecular weight excluding hydrogens is 445 g/mol. The molecule has 7 nitrogen and oxygen atoms in total. The van der Waals surface area contributed by atoms with Gasteiger partial charge in [-0.25, -0.2) is 4.39 Å². The maximum atomic E-state index is 13.8. The summed E-state index contributed by atoms with van der Waals surface area (Å²) in [5.74, 6) is 0.193. The summed E-state index contributed by atoms with van der Waals surface area (Å²) in [4.78, 5) is 19.1. The van der Waals surface area contributed by atoms with E-state index in [0.29, 0.717) is 30.0 Å². The van der Waals surface area contributed by atoms with Crippen LogP contribution in [0.15, 0.2) is 83.4 Å². The Labute approximate surface area is 203 Å². The molecule has 0 bridgehead atoms. The van der Waals surface area contributed by atoms with E-state index in [1.54, 1.807) is 12.1 Å². The van der Waals surface area contributed by atoms with Crippen molar-refractivity contribution in [3.8, 4) is 11.4 Å². The molecule has 0 spiro atoms. The van der Waals surface area contributed by atoms with Crippen LogP contribution in [-0.2, 0) is 6.54 Å². The second-order valence-corrected chi connectivity index (χ2v) is 8.50. The van der Waals surface area contributed by atoms with Crippen LogP contribution in [0.2, 0.25) is 0 Å². The van der Waals surface area contributed by atoms with Crippen LogP contribution < -0.4 is 15.5 Å². The Morgan fingerprint density at radius 2 is 1.69 bits per heavy atom. The van der Waals surface area contributed by atoms with E-state index in [1.807, 2.05) is 54.6 Å².